The van der Waals surface area contributed by atoms with Crippen molar-refractivity contribution in [1.29, 1.82) is 0 Å². The molecule has 0 unspecified atom stereocenters. The Labute approximate surface area is 97.0 Å². The van der Waals surface area contributed by atoms with Crippen molar-refractivity contribution >= 4 is 6.09 Å². The fourth-order valence-electron chi connectivity index (χ4n) is 1.62. The molecule has 16 heavy (non-hydrogen) atoms. The SMILES string of the molecule is C=CC1(NC(=O)OC(C)(C)C)CCOCC1. The van der Waals surface area contributed by atoms with Gasteiger partial charge in [0.1, 0.15) is 5.60 Å². The predicted octanol–water partition coefficient (Wildman–Crippen LogP) is 2.25. The Morgan fingerprint density at radius 2 is 2.00 bits per heavy atom. The second kappa shape index (κ2) is 4.87. The molecule has 1 amide bonds. The quantitative estimate of drug-likeness (QED) is 0.736. The van der Waals surface area contributed by atoms with E-state index in [1.165, 1.54) is 0 Å². The minimum Gasteiger partial charge on any atom is -0.444 e. The van der Waals surface area contributed by atoms with E-state index in [1.54, 1.807) is 6.08 Å². The fraction of sp³-hybridized carbons (Fsp3) is 0.750. The minimum absolute atomic E-state index is 0.374. The first-order chi connectivity index (χ1) is 7.37. The Kier molecular flexibility index (Phi) is 3.97. The third kappa shape index (κ3) is 3.85. The van der Waals surface area contributed by atoms with Crippen LogP contribution in [0, 0.1) is 0 Å². The van der Waals surface area contributed by atoms with Crippen molar-refractivity contribution in [3.8, 4) is 0 Å². The number of nitrogens with one attached hydrogen (secondary N) is 1. The summed E-state index contributed by atoms with van der Waals surface area (Å²) >= 11 is 0. The van der Waals surface area contributed by atoms with E-state index in [0.29, 0.717) is 13.2 Å². The summed E-state index contributed by atoms with van der Waals surface area (Å²) in [4.78, 5) is 11.7. The summed E-state index contributed by atoms with van der Waals surface area (Å²) in [6, 6.07) is 0. The fourth-order valence-corrected chi connectivity index (χ4v) is 1.62. The number of alkyl carbamates (subject to hydrolysis) is 1. The maximum atomic E-state index is 11.7. The standard InChI is InChI=1S/C12H21NO3/c1-5-12(6-8-15-9-7-12)13-10(14)16-11(2,3)4/h5H,1,6-9H2,2-4H3,(H,13,14). The smallest absolute Gasteiger partial charge is 0.408 e. The number of amides is 1. The monoisotopic (exact) mass is 227 g/mol. The number of rotatable bonds is 2. The average molecular weight is 227 g/mol. The second-order valence-electron chi connectivity index (χ2n) is 5.10. The molecule has 0 aromatic carbocycles. The maximum Gasteiger partial charge on any atom is 0.408 e. The van der Waals surface area contributed by atoms with E-state index in [0.717, 1.165) is 12.8 Å². The molecule has 0 bridgehead atoms. The lowest BCUT2D eigenvalue weighted by atomic mass is 9.90. The van der Waals surface area contributed by atoms with Gasteiger partial charge < -0.3 is 14.8 Å². The van der Waals surface area contributed by atoms with Gasteiger partial charge in [-0.05, 0) is 33.6 Å². The molecule has 1 rings (SSSR count). The van der Waals surface area contributed by atoms with Crippen LogP contribution in [0.15, 0.2) is 12.7 Å². The van der Waals surface area contributed by atoms with Gasteiger partial charge in [-0.3, -0.25) is 0 Å². The second-order valence-corrected chi connectivity index (χ2v) is 5.10. The van der Waals surface area contributed by atoms with E-state index < -0.39 is 11.7 Å². The van der Waals surface area contributed by atoms with Crippen molar-refractivity contribution in [2.24, 2.45) is 0 Å². The highest BCUT2D eigenvalue weighted by atomic mass is 16.6. The van der Waals surface area contributed by atoms with Crippen LogP contribution >= 0.6 is 0 Å². The van der Waals surface area contributed by atoms with E-state index in [2.05, 4.69) is 11.9 Å². The Morgan fingerprint density at radius 1 is 1.44 bits per heavy atom. The van der Waals surface area contributed by atoms with Gasteiger partial charge in [-0.2, -0.15) is 0 Å². The summed E-state index contributed by atoms with van der Waals surface area (Å²) < 4.78 is 10.5. The summed E-state index contributed by atoms with van der Waals surface area (Å²) in [5, 5.41) is 2.88. The van der Waals surface area contributed by atoms with Crippen molar-refractivity contribution in [1.82, 2.24) is 5.32 Å². The number of ether oxygens (including phenoxy) is 2. The van der Waals surface area contributed by atoms with Crippen LogP contribution in [0.1, 0.15) is 33.6 Å². The van der Waals surface area contributed by atoms with Crippen LogP contribution in [-0.4, -0.2) is 30.4 Å². The summed E-state index contributed by atoms with van der Waals surface area (Å²) in [5.74, 6) is 0. The average Bonchev–Trinajstić information content (AvgIpc) is 2.16. The van der Waals surface area contributed by atoms with Gasteiger partial charge in [-0.1, -0.05) is 6.08 Å². The van der Waals surface area contributed by atoms with Gasteiger partial charge in [0.25, 0.3) is 0 Å². The zero-order valence-corrected chi connectivity index (χ0v) is 10.3. The van der Waals surface area contributed by atoms with E-state index in [-0.39, 0.29) is 5.54 Å². The van der Waals surface area contributed by atoms with Crippen LogP contribution in [0.5, 0.6) is 0 Å². The number of carbonyl (C=O) groups is 1. The summed E-state index contributed by atoms with van der Waals surface area (Å²) in [5.41, 5.74) is -0.849. The predicted molar refractivity (Wildman–Crippen MR) is 62.4 cm³/mol. The molecule has 1 aliphatic rings. The Bertz CT molecular complexity index is 262. The van der Waals surface area contributed by atoms with Gasteiger partial charge in [0.2, 0.25) is 0 Å². The molecule has 0 aromatic rings. The normalized spacial score (nSPS) is 19.9. The molecular formula is C12H21NO3. The molecule has 1 fully saturated rings. The minimum atomic E-state index is -0.475. The molecule has 0 atom stereocenters. The highest BCUT2D eigenvalue weighted by molar-refractivity contribution is 5.69. The molecule has 0 saturated carbocycles. The number of carbonyl (C=O) groups excluding carboxylic acids is 1. The molecule has 0 radical (unpaired) electrons. The Morgan fingerprint density at radius 3 is 2.44 bits per heavy atom. The lowest BCUT2D eigenvalue weighted by Gasteiger charge is -2.35. The van der Waals surface area contributed by atoms with Gasteiger partial charge in [-0.15, -0.1) is 6.58 Å². The first kappa shape index (κ1) is 13.0. The summed E-state index contributed by atoms with van der Waals surface area (Å²) in [6.45, 7) is 10.6. The molecule has 0 aromatic heterocycles. The molecule has 1 N–H and O–H groups in total. The molecule has 92 valence electrons. The topological polar surface area (TPSA) is 47.6 Å². The lowest BCUT2D eigenvalue weighted by molar-refractivity contribution is 0.0282. The van der Waals surface area contributed by atoms with E-state index in [9.17, 15) is 4.79 Å². The zero-order valence-electron chi connectivity index (χ0n) is 10.3. The molecular weight excluding hydrogens is 206 g/mol. The number of hydrogen-bond acceptors (Lipinski definition) is 3. The molecule has 1 aliphatic heterocycles. The van der Waals surface area contributed by atoms with Crippen molar-refractivity contribution in [2.45, 2.75) is 44.8 Å². The first-order valence-electron chi connectivity index (χ1n) is 5.59. The van der Waals surface area contributed by atoms with Crippen molar-refractivity contribution < 1.29 is 14.3 Å². The highest BCUT2D eigenvalue weighted by Gasteiger charge is 2.32. The molecule has 1 heterocycles. The van der Waals surface area contributed by atoms with Crippen molar-refractivity contribution in [3.63, 3.8) is 0 Å². The molecule has 0 spiro atoms. The van der Waals surface area contributed by atoms with Crippen LogP contribution in [0.3, 0.4) is 0 Å². The van der Waals surface area contributed by atoms with E-state index in [4.69, 9.17) is 9.47 Å². The summed E-state index contributed by atoms with van der Waals surface area (Å²) in [6.07, 6.45) is 2.87. The highest BCUT2D eigenvalue weighted by Crippen LogP contribution is 2.22. The zero-order chi connectivity index (χ0) is 12.2. The molecule has 0 aliphatic carbocycles. The van der Waals surface area contributed by atoms with Crippen molar-refractivity contribution in [3.05, 3.63) is 12.7 Å². The Balaban J connectivity index is 2.56. The van der Waals surface area contributed by atoms with Crippen LogP contribution in [0.2, 0.25) is 0 Å². The van der Waals surface area contributed by atoms with Gasteiger partial charge in [-0.25, -0.2) is 4.79 Å². The van der Waals surface area contributed by atoms with E-state index >= 15 is 0 Å². The van der Waals surface area contributed by atoms with Crippen LogP contribution in [0.4, 0.5) is 4.79 Å². The van der Waals surface area contributed by atoms with Crippen LogP contribution < -0.4 is 5.32 Å². The maximum absolute atomic E-state index is 11.7. The molecule has 4 nitrogen and oxygen atoms in total. The summed E-state index contributed by atoms with van der Waals surface area (Å²) in [7, 11) is 0. The van der Waals surface area contributed by atoms with Crippen molar-refractivity contribution in [2.75, 3.05) is 13.2 Å². The first-order valence-corrected chi connectivity index (χ1v) is 5.59. The largest absolute Gasteiger partial charge is 0.444 e. The van der Waals surface area contributed by atoms with Crippen LogP contribution in [-0.2, 0) is 9.47 Å². The molecule has 4 heteroatoms. The lowest BCUT2D eigenvalue weighted by Crippen LogP contribution is -2.51. The Hall–Kier alpha value is -1.03. The third-order valence-corrected chi connectivity index (χ3v) is 2.53. The van der Waals surface area contributed by atoms with Crippen LogP contribution in [0.25, 0.3) is 0 Å². The van der Waals surface area contributed by atoms with Gasteiger partial charge in [0.05, 0.1) is 5.54 Å². The van der Waals surface area contributed by atoms with Gasteiger partial charge in [0.15, 0.2) is 0 Å². The van der Waals surface area contributed by atoms with Gasteiger partial charge in [0, 0.05) is 13.2 Å². The van der Waals surface area contributed by atoms with E-state index in [1.807, 2.05) is 20.8 Å². The third-order valence-electron chi connectivity index (χ3n) is 2.53. The molecule has 1 saturated heterocycles. The van der Waals surface area contributed by atoms with Gasteiger partial charge >= 0.3 is 6.09 Å². The number of hydrogen-bond donors (Lipinski definition) is 1.